The highest BCUT2D eigenvalue weighted by Crippen LogP contribution is 2.34. The lowest BCUT2D eigenvalue weighted by Gasteiger charge is -2.22. The van der Waals surface area contributed by atoms with Crippen molar-refractivity contribution in [3.63, 3.8) is 0 Å². The van der Waals surface area contributed by atoms with Crippen LogP contribution in [-0.4, -0.2) is 16.6 Å². The van der Waals surface area contributed by atoms with Crippen molar-refractivity contribution < 1.29 is 4.52 Å². The van der Waals surface area contributed by atoms with Crippen molar-refractivity contribution in [2.45, 2.75) is 32.4 Å². The summed E-state index contributed by atoms with van der Waals surface area (Å²) in [4.78, 5) is 2.49. The minimum absolute atomic E-state index is 0.562. The van der Waals surface area contributed by atoms with Gasteiger partial charge in [0.15, 0.2) is 5.76 Å². The third kappa shape index (κ3) is 2.28. The molecular weight excluding hydrogens is 232 g/mol. The van der Waals surface area contributed by atoms with Crippen LogP contribution in [0.4, 0.5) is 0 Å². The summed E-state index contributed by atoms with van der Waals surface area (Å²) in [5.74, 6) is 0.977. The van der Waals surface area contributed by atoms with Crippen molar-refractivity contribution in [1.82, 2.24) is 10.1 Å². The first-order valence-corrected chi connectivity index (χ1v) is 6.95. The van der Waals surface area contributed by atoms with Gasteiger partial charge in [0, 0.05) is 12.1 Å². The van der Waals surface area contributed by atoms with Crippen molar-refractivity contribution in [3.8, 4) is 0 Å². The van der Waals surface area contributed by atoms with Crippen LogP contribution in [0.3, 0.4) is 0 Å². The van der Waals surface area contributed by atoms with Crippen molar-refractivity contribution in [1.29, 1.82) is 0 Å². The van der Waals surface area contributed by atoms with Gasteiger partial charge in [0.25, 0.3) is 0 Å². The van der Waals surface area contributed by atoms with Crippen LogP contribution < -0.4 is 0 Å². The summed E-state index contributed by atoms with van der Waals surface area (Å²) in [6.45, 7) is 3.99. The lowest BCUT2D eigenvalue weighted by Crippen LogP contribution is -2.22. The van der Waals surface area contributed by atoms with Crippen LogP contribution >= 0.6 is 11.3 Å². The van der Waals surface area contributed by atoms with E-state index in [1.54, 1.807) is 11.3 Å². The van der Waals surface area contributed by atoms with Gasteiger partial charge in [-0.3, -0.25) is 4.90 Å². The van der Waals surface area contributed by atoms with Gasteiger partial charge in [-0.05, 0) is 48.7 Å². The first kappa shape index (κ1) is 11.0. The second-order valence-corrected chi connectivity index (χ2v) is 5.40. The van der Waals surface area contributed by atoms with E-state index in [2.05, 4.69) is 26.9 Å². The maximum Gasteiger partial charge on any atom is 0.150 e. The molecule has 1 atom stereocenters. The smallest absolute Gasteiger partial charge is 0.150 e. The van der Waals surface area contributed by atoms with E-state index in [-0.39, 0.29) is 0 Å². The molecule has 4 heteroatoms. The number of rotatable bonds is 3. The summed E-state index contributed by atoms with van der Waals surface area (Å²) >= 11 is 1.78. The summed E-state index contributed by atoms with van der Waals surface area (Å²) in [6, 6.07) is 4.83. The molecule has 0 N–H and O–H groups in total. The molecule has 1 aliphatic rings. The molecule has 3 heterocycles. The second kappa shape index (κ2) is 4.63. The highest BCUT2D eigenvalue weighted by molar-refractivity contribution is 7.07. The molecule has 0 unspecified atom stereocenters. The van der Waals surface area contributed by atoms with Gasteiger partial charge in [-0.15, -0.1) is 0 Å². The molecule has 0 radical (unpaired) electrons. The highest BCUT2D eigenvalue weighted by atomic mass is 32.1. The SMILES string of the molecule is Cc1cc(CN2CCC[C@@H]2c2ccsc2)on1. The standard InChI is InChI=1S/C13H16N2OS/c1-10-7-12(16-14-10)8-15-5-2-3-13(15)11-4-6-17-9-11/h4,6-7,9,13H,2-3,5,8H2,1H3/t13-/m1/s1. The highest BCUT2D eigenvalue weighted by Gasteiger charge is 2.27. The topological polar surface area (TPSA) is 29.3 Å². The lowest BCUT2D eigenvalue weighted by atomic mass is 10.1. The van der Waals surface area contributed by atoms with Gasteiger partial charge in [-0.1, -0.05) is 5.16 Å². The summed E-state index contributed by atoms with van der Waals surface area (Å²) in [7, 11) is 0. The van der Waals surface area contributed by atoms with Gasteiger partial charge < -0.3 is 4.52 Å². The van der Waals surface area contributed by atoms with Crippen LogP contribution in [0.5, 0.6) is 0 Å². The van der Waals surface area contributed by atoms with Crippen molar-refractivity contribution in [2.24, 2.45) is 0 Å². The van der Waals surface area contributed by atoms with Gasteiger partial charge in [-0.25, -0.2) is 0 Å². The minimum Gasteiger partial charge on any atom is -0.360 e. The van der Waals surface area contributed by atoms with Crippen LogP contribution in [0.25, 0.3) is 0 Å². The molecule has 3 rings (SSSR count). The second-order valence-electron chi connectivity index (χ2n) is 4.62. The molecule has 1 saturated heterocycles. The van der Waals surface area contributed by atoms with Gasteiger partial charge in [0.05, 0.1) is 12.2 Å². The first-order chi connectivity index (χ1) is 8.33. The molecule has 3 nitrogen and oxygen atoms in total. The van der Waals surface area contributed by atoms with Crippen LogP contribution in [0.15, 0.2) is 27.4 Å². The third-order valence-corrected chi connectivity index (χ3v) is 4.03. The zero-order valence-electron chi connectivity index (χ0n) is 9.93. The predicted molar refractivity (Wildman–Crippen MR) is 67.9 cm³/mol. The van der Waals surface area contributed by atoms with Gasteiger partial charge in [0.2, 0.25) is 0 Å². The van der Waals surface area contributed by atoms with Crippen LogP contribution in [0.1, 0.15) is 35.9 Å². The van der Waals surface area contributed by atoms with E-state index in [9.17, 15) is 0 Å². The number of thiophene rings is 1. The van der Waals surface area contributed by atoms with Crippen LogP contribution in [0, 0.1) is 6.92 Å². The average molecular weight is 248 g/mol. The van der Waals surface area contributed by atoms with Crippen LogP contribution in [-0.2, 0) is 6.54 Å². The molecule has 0 aliphatic carbocycles. The molecule has 0 bridgehead atoms. The van der Waals surface area contributed by atoms with E-state index in [4.69, 9.17) is 4.52 Å². The van der Waals surface area contributed by atoms with Crippen molar-refractivity contribution in [2.75, 3.05) is 6.54 Å². The van der Waals surface area contributed by atoms with Crippen molar-refractivity contribution in [3.05, 3.63) is 39.9 Å². The Kier molecular flexibility index (Phi) is 2.99. The Labute approximate surface area is 105 Å². The largest absolute Gasteiger partial charge is 0.360 e. The Balaban J connectivity index is 1.74. The molecule has 1 aliphatic heterocycles. The van der Waals surface area contributed by atoms with E-state index >= 15 is 0 Å². The quantitative estimate of drug-likeness (QED) is 0.834. The van der Waals surface area contributed by atoms with Gasteiger partial charge in [-0.2, -0.15) is 11.3 Å². The van der Waals surface area contributed by atoms with E-state index in [0.717, 1.165) is 24.5 Å². The summed E-state index contributed by atoms with van der Waals surface area (Å²) < 4.78 is 5.30. The maximum absolute atomic E-state index is 5.30. The molecule has 0 saturated carbocycles. The molecule has 2 aromatic heterocycles. The Morgan fingerprint density at radius 1 is 1.59 bits per heavy atom. The monoisotopic (exact) mass is 248 g/mol. The minimum atomic E-state index is 0.562. The fourth-order valence-electron chi connectivity index (χ4n) is 2.55. The molecule has 90 valence electrons. The normalized spacial score (nSPS) is 21.1. The number of hydrogen-bond acceptors (Lipinski definition) is 4. The zero-order chi connectivity index (χ0) is 11.7. The fourth-order valence-corrected chi connectivity index (χ4v) is 3.26. The predicted octanol–water partition coefficient (Wildman–Crippen LogP) is 3.38. The Morgan fingerprint density at radius 2 is 2.53 bits per heavy atom. The third-order valence-electron chi connectivity index (χ3n) is 3.33. The van der Waals surface area contributed by atoms with Gasteiger partial charge in [0.1, 0.15) is 0 Å². The lowest BCUT2D eigenvalue weighted by molar-refractivity contribution is 0.217. The summed E-state index contributed by atoms with van der Waals surface area (Å²) in [5.41, 5.74) is 2.41. The number of likely N-dealkylation sites (tertiary alicyclic amines) is 1. The molecule has 17 heavy (non-hydrogen) atoms. The van der Waals surface area contributed by atoms with Gasteiger partial charge >= 0.3 is 0 Å². The number of aromatic nitrogens is 1. The molecule has 0 aromatic carbocycles. The average Bonchev–Trinajstić information content (AvgIpc) is 3.00. The summed E-state index contributed by atoms with van der Waals surface area (Å²) in [6.07, 6.45) is 2.53. The van der Waals surface area contributed by atoms with Crippen molar-refractivity contribution >= 4 is 11.3 Å². The van der Waals surface area contributed by atoms with Crippen LogP contribution in [0.2, 0.25) is 0 Å². The van der Waals surface area contributed by atoms with E-state index in [1.807, 2.05) is 13.0 Å². The first-order valence-electron chi connectivity index (χ1n) is 6.01. The molecule has 2 aromatic rings. The fraction of sp³-hybridized carbons (Fsp3) is 0.462. The number of nitrogens with zero attached hydrogens (tertiary/aromatic N) is 2. The number of aryl methyl sites for hydroxylation is 1. The summed E-state index contributed by atoms with van der Waals surface area (Å²) in [5, 5.41) is 8.36. The Hall–Kier alpha value is -1.13. The molecule has 1 fully saturated rings. The maximum atomic E-state index is 5.30. The Morgan fingerprint density at radius 3 is 3.24 bits per heavy atom. The number of hydrogen-bond donors (Lipinski definition) is 0. The van der Waals surface area contributed by atoms with E-state index in [1.165, 1.54) is 18.4 Å². The molecular formula is C13H16N2OS. The van der Waals surface area contributed by atoms with E-state index < -0.39 is 0 Å². The Bertz CT molecular complexity index is 477. The van der Waals surface area contributed by atoms with E-state index in [0.29, 0.717) is 6.04 Å². The molecule has 0 spiro atoms. The zero-order valence-corrected chi connectivity index (χ0v) is 10.7. The molecule has 0 amide bonds.